The zero-order chi connectivity index (χ0) is 29.0. The molecule has 0 bridgehead atoms. The molecule has 0 spiro atoms. The van der Waals surface area contributed by atoms with Crippen LogP contribution in [0.1, 0.15) is 130 Å². The fourth-order valence-corrected chi connectivity index (χ4v) is 5.49. The van der Waals surface area contributed by atoms with Crippen molar-refractivity contribution < 1.29 is 28.6 Å². The van der Waals surface area contributed by atoms with Gasteiger partial charge in [0, 0.05) is 31.7 Å². The molecule has 0 rings (SSSR count). The van der Waals surface area contributed by atoms with Gasteiger partial charge in [0.1, 0.15) is 5.78 Å². The van der Waals surface area contributed by atoms with E-state index in [-0.39, 0.29) is 36.9 Å². The normalized spacial score (nSPS) is 14.1. The molecule has 222 valence electrons. The van der Waals surface area contributed by atoms with Crippen molar-refractivity contribution in [1.82, 2.24) is 5.32 Å². The molecule has 0 aliphatic carbocycles. The molecular weight excluding hydrogens is 499 g/mol. The number of unbranched alkanes of at least 4 members (excludes halogenated alkanes) is 12. The van der Waals surface area contributed by atoms with E-state index < -0.39 is 25.2 Å². The average Bonchev–Trinajstić information content (AvgIpc) is 2.83. The quantitative estimate of drug-likeness (QED) is 0.0758. The molecule has 0 radical (unpaired) electrons. The average molecular weight is 558 g/mol. The highest BCUT2D eigenvalue weighted by molar-refractivity contribution is 7.84. The molecule has 38 heavy (non-hydrogen) atoms. The predicted octanol–water partition coefficient (Wildman–Crippen LogP) is 6.50. The van der Waals surface area contributed by atoms with Crippen molar-refractivity contribution in [3.8, 4) is 0 Å². The molecule has 2 N–H and O–H groups in total. The van der Waals surface area contributed by atoms with Gasteiger partial charge in [-0.25, -0.2) is 0 Å². The van der Waals surface area contributed by atoms with E-state index in [1.165, 1.54) is 77.6 Å². The van der Waals surface area contributed by atoms with E-state index in [2.05, 4.69) is 12.2 Å². The van der Waals surface area contributed by atoms with Gasteiger partial charge in [-0.3, -0.25) is 19.2 Å². The Labute approximate surface area is 234 Å². The summed E-state index contributed by atoms with van der Waals surface area (Å²) >= 11 is 0. The summed E-state index contributed by atoms with van der Waals surface area (Å²) in [4.78, 5) is 59.5. The lowest BCUT2D eigenvalue weighted by Gasteiger charge is -2.24. The van der Waals surface area contributed by atoms with E-state index in [1.807, 2.05) is 28.1 Å². The van der Waals surface area contributed by atoms with Crippen LogP contribution >= 0.6 is 8.15 Å². The summed E-state index contributed by atoms with van der Waals surface area (Å²) in [7, 11) is 3.38. The first-order valence-corrected chi connectivity index (χ1v) is 16.3. The predicted molar refractivity (Wildman–Crippen MR) is 158 cm³/mol. The summed E-state index contributed by atoms with van der Waals surface area (Å²) in [6, 6.07) is -0.690. The molecule has 0 aliphatic heterocycles. The first kappa shape index (κ1) is 36.8. The number of ketones is 1. The van der Waals surface area contributed by atoms with Crippen LogP contribution in [0.25, 0.3) is 0 Å². The van der Waals surface area contributed by atoms with E-state index >= 15 is 0 Å². The number of nitrogens with one attached hydrogen (secondary N) is 1. The molecule has 1 amide bonds. The van der Waals surface area contributed by atoms with Gasteiger partial charge in [0.05, 0.1) is 34.1 Å². The second-order valence-electron chi connectivity index (χ2n) is 12.1. The van der Waals surface area contributed by atoms with E-state index in [9.17, 15) is 24.1 Å². The molecule has 0 saturated carbocycles. The van der Waals surface area contributed by atoms with Crippen LogP contribution in [0.4, 0.5) is 0 Å². The van der Waals surface area contributed by atoms with Gasteiger partial charge >= 0.3 is 0 Å². The molecule has 0 aromatic carbocycles. The number of hydrogen-bond acceptors (Lipinski definition) is 5. The van der Waals surface area contributed by atoms with Crippen LogP contribution in [0.2, 0.25) is 0 Å². The molecule has 7 nitrogen and oxygen atoms in total. The molecule has 0 fully saturated rings. The minimum atomic E-state index is -2.43. The number of Topliss-reactive ketones (excluding diaryl/α,β-unsaturated/α-hetero) is 1. The van der Waals surface area contributed by atoms with Gasteiger partial charge in [-0.05, 0) is 6.42 Å². The lowest BCUT2D eigenvalue weighted by molar-refractivity contribution is -0.869. The number of carbonyl (C=O) groups is 4. The largest absolute Gasteiger partial charge is 0.360 e. The Morgan fingerprint density at radius 2 is 1.24 bits per heavy atom. The fraction of sp³-hybridized carbons (Fsp3) is 0.867. The van der Waals surface area contributed by atoms with Gasteiger partial charge in [-0.2, -0.15) is 0 Å². The second-order valence-corrected chi connectivity index (χ2v) is 13.7. The van der Waals surface area contributed by atoms with Gasteiger partial charge in [-0.1, -0.05) is 97.3 Å². The van der Waals surface area contributed by atoms with Gasteiger partial charge in [0.25, 0.3) is 0 Å². The lowest BCUT2D eigenvalue weighted by Crippen LogP contribution is -2.38. The first-order valence-electron chi connectivity index (χ1n) is 15.0. The SMILES string of the molecule is CCCCCCCCCCCCCCCC(C)C(=O)CC(CC(=O)P(O)C(=O)CC[N+](C)(C)C)NC(C)=O. The van der Waals surface area contributed by atoms with E-state index in [0.717, 1.165) is 19.3 Å². The summed E-state index contributed by atoms with van der Waals surface area (Å²) in [5.74, 6) is -0.469. The van der Waals surface area contributed by atoms with E-state index in [1.54, 1.807) is 0 Å². The third-order valence-corrected chi connectivity index (χ3v) is 8.39. The Bertz CT molecular complexity index is 693. The van der Waals surface area contributed by atoms with Crippen LogP contribution in [0.15, 0.2) is 0 Å². The molecule has 0 aliphatic rings. The highest BCUT2D eigenvalue weighted by Crippen LogP contribution is 2.36. The molecule has 0 aromatic rings. The summed E-state index contributed by atoms with van der Waals surface area (Å²) in [5, 5.41) is 2.67. The summed E-state index contributed by atoms with van der Waals surface area (Å²) in [5.41, 5.74) is -1.04. The molecule has 3 unspecified atom stereocenters. The van der Waals surface area contributed by atoms with Gasteiger partial charge in [0.2, 0.25) is 5.91 Å². The van der Waals surface area contributed by atoms with Gasteiger partial charge in [-0.15, -0.1) is 0 Å². The standard InChI is InChI=1S/C30H57N2O5P/c1-7-8-9-10-11-12-13-14-15-16-17-18-19-20-25(2)28(34)23-27(31-26(3)33)24-30(36)38(37)29(35)21-22-32(4,5)6/h25,27,37H,7-24H2,1-6H3/p+1. The van der Waals surface area contributed by atoms with Crippen LogP contribution in [0.5, 0.6) is 0 Å². The maximum Gasteiger partial charge on any atom is 0.217 e. The Balaban J connectivity index is 4.26. The Kier molecular flexibility index (Phi) is 21.0. The maximum absolute atomic E-state index is 12.8. The number of nitrogens with zero attached hydrogens (tertiary/aromatic N) is 1. The van der Waals surface area contributed by atoms with Crippen molar-refractivity contribution in [2.75, 3.05) is 27.7 Å². The Morgan fingerprint density at radius 3 is 1.68 bits per heavy atom. The van der Waals surface area contributed by atoms with Crippen molar-refractivity contribution in [1.29, 1.82) is 0 Å². The summed E-state index contributed by atoms with van der Waals surface area (Å²) in [6.45, 7) is 6.02. The van der Waals surface area contributed by atoms with Crippen molar-refractivity contribution in [3.05, 3.63) is 0 Å². The van der Waals surface area contributed by atoms with Crippen LogP contribution in [0.3, 0.4) is 0 Å². The number of rotatable bonds is 25. The Morgan fingerprint density at radius 1 is 0.763 bits per heavy atom. The highest BCUT2D eigenvalue weighted by atomic mass is 31.1. The smallest absolute Gasteiger partial charge is 0.217 e. The molecule has 8 heteroatoms. The van der Waals surface area contributed by atoms with E-state index in [4.69, 9.17) is 0 Å². The van der Waals surface area contributed by atoms with Crippen LogP contribution in [0, 0.1) is 5.92 Å². The maximum atomic E-state index is 12.8. The minimum absolute atomic E-state index is 0.00844. The first-order chi connectivity index (χ1) is 17.9. The van der Waals surface area contributed by atoms with E-state index in [0.29, 0.717) is 11.0 Å². The summed E-state index contributed by atoms with van der Waals surface area (Å²) in [6.07, 6.45) is 17.5. The lowest BCUT2D eigenvalue weighted by atomic mass is 9.93. The highest BCUT2D eigenvalue weighted by Gasteiger charge is 2.29. The van der Waals surface area contributed by atoms with Crippen molar-refractivity contribution in [3.63, 3.8) is 0 Å². The topological polar surface area (TPSA) is 101 Å². The van der Waals surface area contributed by atoms with Crippen molar-refractivity contribution >= 4 is 30.9 Å². The van der Waals surface area contributed by atoms with Gasteiger partial charge in [0.15, 0.2) is 19.2 Å². The third-order valence-electron chi connectivity index (χ3n) is 7.04. The zero-order valence-electron chi connectivity index (χ0n) is 25.4. The van der Waals surface area contributed by atoms with Crippen LogP contribution < -0.4 is 5.32 Å². The fourth-order valence-electron chi connectivity index (χ4n) is 4.51. The van der Waals surface area contributed by atoms with Crippen molar-refractivity contribution in [2.45, 2.75) is 136 Å². The number of quaternary nitrogens is 1. The Hall–Kier alpha value is -1.17. The molecule has 3 atom stereocenters. The number of hydrogen-bond donors (Lipinski definition) is 2. The molecule has 0 saturated heterocycles. The molecule has 0 heterocycles. The molecular formula is C30H58N2O5P+. The van der Waals surface area contributed by atoms with Crippen LogP contribution in [-0.4, -0.2) is 65.8 Å². The zero-order valence-corrected chi connectivity index (χ0v) is 26.3. The monoisotopic (exact) mass is 557 g/mol. The minimum Gasteiger partial charge on any atom is -0.360 e. The number of amides is 1. The van der Waals surface area contributed by atoms with Crippen molar-refractivity contribution in [2.24, 2.45) is 5.92 Å². The molecule has 0 aromatic heterocycles. The van der Waals surface area contributed by atoms with Gasteiger partial charge < -0.3 is 14.7 Å². The van der Waals surface area contributed by atoms with Crippen LogP contribution in [-0.2, 0) is 19.2 Å². The third kappa shape index (κ3) is 20.7. The second kappa shape index (κ2) is 21.6. The number of carbonyl (C=O) groups excluding carboxylic acids is 4. The summed E-state index contributed by atoms with van der Waals surface area (Å²) < 4.78 is 0.559.